The van der Waals surface area contributed by atoms with Crippen LogP contribution in [0.2, 0.25) is 0 Å². The Kier molecular flexibility index (Phi) is 5.11. The molecule has 2 unspecified atom stereocenters. The number of ether oxygens (including phenoxy) is 2. The molecule has 0 bridgehead atoms. The van der Waals surface area contributed by atoms with E-state index in [-0.39, 0.29) is 6.03 Å². The molecular formula is C20H28N2O3. The lowest BCUT2D eigenvalue weighted by atomic mass is 9.89. The molecule has 1 N–H and O–H groups in total. The summed E-state index contributed by atoms with van der Waals surface area (Å²) in [5, 5.41) is 3.02. The minimum atomic E-state index is -0.00603. The monoisotopic (exact) mass is 344 g/mol. The zero-order valence-corrected chi connectivity index (χ0v) is 14.8. The number of amides is 2. The maximum Gasteiger partial charge on any atom is 0.321 e. The van der Waals surface area contributed by atoms with E-state index >= 15 is 0 Å². The number of piperidine rings is 1. The Labute approximate surface area is 149 Å². The van der Waals surface area contributed by atoms with Crippen molar-refractivity contribution in [1.29, 1.82) is 0 Å². The highest BCUT2D eigenvalue weighted by Gasteiger charge is 2.33. The highest BCUT2D eigenvalue weighted by atomic mass is 16.5. The summed E-state index contributed by atoms with van der Waals surface area (Å²) < 4.78 is 11.8. The van der Waals surface area contributed by atoms with Crippen LogP contribution < -0.4 is 10.1 Å². The van der Waals surface area contributed by atoms with Crippen molar-refractivity contribution in [3.05, 3.63) is 24.3 Å². The highest BCUT2D eigenvalue weighted by Crippen LogP contribution is 2.29. The molecule has 2 amide bonds. The molecule has 2 aliphatic heterocycles. The van der Waals surface area contributed by atoms with E-state index in [1.54, 1.807) is 0 Å². The van der Waals surface area contributed by atoms with E-state index in [1.165, 1.54) is 19.3 Å². The van der Waals surface area contributed by atoms with E-state index in [0.29, 0.717) is 18.1 Å². The van der Waals surface area contributed by atoms with E-state index in [2.05, 4.69) is 5.32 Å². The lowest BCUT2D eigenvalue weighted by molar-refractivity contribution is -0.0578. The van der Waals surface area contributed by atoms with Gasteiger partial charge in [-0.2, -0.15) is 0 Å². The predicted molar refractivity (Wildman–Crippen MR) is 97.0 cm³/mol. The fraction of sp³-hybridized carbons (Fsp3) is 0.650. The molecule has 3 aliphatic rings. The number of nitrogens with zero attached hydrogens (tertiary/aromatic N) is 1. The summed E-state index contributed by atoms with van der Waals surface area (Å²) in [4.78, 5) is 14.5. The second kappa shape index (κ2) is 7.65. The zero-order valence-electron chi connectivity index (χ0n) is 14.8. The van der Waals surface area contributed by atoms with Crippen molar-refractivity contribution >= 4 is 11.7 Å². The van der Waals surface area contributed by atoms with Crippen LogP contribution in [0.4, 0.5) is 10.5 Å². The number of carbonyl (C=O) groups is 1. The van der Waals surface area contributed by atoms with Crippen molar-refractivity contribution in [3.8, 4) is 5.75 Å². The molecule has 0 radical (unpaired) electrons. The van der Waals surface area contributed by atoms with Crippen molar-refractivity contribution in [2.24, 2.45) is 5.92 Å². The molecule has 25 heavy (non-hydrogen) atoms. The Bertz CT molecular complexity index is 583. The van der Waals surface area contributed by atoms with Crippen LogP contribution in [0.5, 0.6) is 5.75 Å². The average molecular weight is 344 g/mol. The van der Waals surface area contributed by atoms with Crippen molar-refractivity contribution < 1.29 is 14.3 Å². The normalized spacial score (nSPS) is 27.0. The van der Waals surface area contributed by atoms with Crippen molar-refractivity contribution in [2.75, 3.05) is 25.0 Å². The van der Waals surface area contributed by atoms with Gasteiger partial charge in [0.15, 0.2) is 0 Å². The number of rotatable bonds is 3. The molecule has 0 spiro atoms. The third kappa shape index (κ3) is 4.09. The van der Waals surface area contributed by atoms with Crippen LogP contribution in [0, 0.1) is 5.92 Å². The first kappa shape index (κ1) is 16.7. The number of benzene rings is 1. The summed E-state index contributed by atoms with van der Waals surface area (Å²) in [5.74, 6) is 1.39. The maximum absolute atomic E-state index is 12.5. The van der Waals surface area contributed by atoms with Gasteiger partial charge in [-0.1, -0.05) is 0 Å². The van der Waals surface area contributed by atoms with Gasteiger partial charge < -0.3 is 19.7 Å². The fourth-order valence-electron chi connectivity index (χ4n) is 4.29. The summed E-state index contributed by atoms with van der Waals surface area (Å²) in [7, 11) is 0. The number of nitrogens with one attached hydrogen (secondary N) is 1. The van der Waals surface area contributed by atoms with Gasteiger partial charge in [-0.25, -0.2) is 4.79 Å². The number of hydrogen-bond acceptors (Lipinski definition) is 3. The van der Waals surface area contributed by atoms with E-state index < -0.39 is 0 Å². The summed E-state index contributed by atoms with van der Waals surface area (Å²) in [6.07, 6.45) is 8.78. The van der Waals surface area contributed by atoms with Crippen LogP contribution in [0.1, 0.15) is 44.9 Å². The van der Waals surface area contributed by atoms with Gasteiger partial charge in [-0.3, -0.25) is 0 Å². The van der Waals surface area contributed by atoms with Crippen molar-refractivity contribution in [3.63, 3.8) is 0 Å². The lowest BCUT2D eigenvalue weighted by Gasteiger charge is -2.40. The Hall–Kier alpha value is -1.75. The molecule has 2 saturated heterocycles. The fourth-order valence-corrected chi connectivity index (χ4v) is 4.29. The Morgan fingerprint density at radius 1 is 1.08 bits per heavy atom. The molecule has 4 rings (SSSR count). The standard InChI is InChI=1S/C20H28N2O3/c23-20(22-12-11-19-15(14-22)4-3-13-24-19)21-16-7-9-18(10-8-16)25-17-5-1-2-6-17/h7-10,15,17,19H,1-6,11-14H2,(H,21,23). The largest absolute Gasteiger partial charge is 0.490 e. The number of carbonyl (C=O) groups excluding carboxylic acids is 1. The third-order valence-electron chi connectivity index (χ3n) is 5.71. The highest BCUT2D eigenvalue weighted by molar-refractivity contribution is 5.89. The Morgan fingerprint density at radius 2 is 1.88 bits per heavy atom. The quantitative estimate of drug-likeness (QED) is 0.900. The molecule has 5 nitrogen and oxygen atoms in total. The maximum atomic E-state index is 12.5. The SMILES string of the molecule is O=C(Nc1ccc(OC2CCCC2)cc1)N1CCC2OCCCC2C1. The van der Waals surface area contributed by atoms with Gasteiger partial charge in [0.1, 0.15) is 5.75 Å². The second-order valence-corrected chi connectivity index (χ2v) is 7.53. The first-order chi connectivity index (χ1) is 12.3. The number of anilines is 1. The van der Waals surface area contributed by atoms with E-state index in [9.17, 15) is 4.79 Å². The van der Waals surface area contributed by atoms with E-state index in [0.717, 1.165) is 56.8 Å². The van der Waals surface area contributed by atoms with Crippen LogP contribution in [0.15, 0.2) is 24.3 Å². The predicted octanol–water partition coefficient (Wildman–Crippen LogP) is 4.04. The first-order valence-electron chi connectivity index (χ1n) is 9.72. The minimum Gasteiger partial charge on any atom is -0.490 e. The van der Waals surface area contributed by atoms with E-state index in [1.807, 2.05) is 29.2 Å². The topological polar surface area (TPSA) is 50.8 Å². The van der Waals surface area contributed by atoms with Crippen molar-refractivity contribution in [1.82, 2.24) is 4.90 Å². The molecule has 5 heteroatoms. The molecule has 0 aromatic heterocycles. The Balaban J connectivity index is 1.29. The van der Waals surface area contributed by atoms with Gasteiger partial charge in [-0.05, 0) is 69.2 Å². The third-order valence-corrected chi connectivity index (χ3v) is 5.71. The molecule has 136 valence electrons. The summed E-state index contributed by atoms with van der Waals surface area (Å²) in [6.45, 7) is 2.46. The molecule has 1 saturated carbocycles. The molecule has 1 aromatic carbocycles. The number of hydrogen-bond donors (Lipinski definition) is 1. The van der Waals surface area contributed by atoms with E-state index in [4.69, 9.17) is 9.47 Å². The molecule has 1 aromatic rings. The zero-order chi connectivity index (χ0) is 17.1. The molecule has 1 aliphatic carbocycles. The average Bonchev–Trinajstić information content (AvgIpc) is 3.16. The van der Waals surface area contributed by atoms with Crippen LogP contribution in [-0.4, -0.2) is 42.8 Å². The van der Waals surface area contributed by atoms with Crippen LogP contribution >= 0.6 is 0 Å². The van der Waals surface area contributed by atoms with Crippen LogP contribution in [0.3, 0.4) is 0 Å². The van der Waals surface area contributed by atoms with Gasteiger partial charge in [0.05, 0.1) is 12.2 Å². The summed E-state index contributed by atoms with van der Waals surface area (Å²) in [5.41, 5.74) is 0.825. The van der Waals surface area contributed by atoms with Gasteiger partial charge >= 0.3 is 6.03 Å². The van der Waals surface area contributed by atoms with Crippen molar-refractivity contribution in [2.45, 2.75) is 57.2 Å². The molecular weight excluding hydrogens is 316 g/mol. The first-order valence-corrected chi connectivity index (χ1v) is 9.72. The number of fused-ring (bicyclic) bond motifs is 1. The van der Waals surface area contributed by atoms with Crippen LogP contribution in [0.25, 0.3) is 0 Å². The number of likely N-dealkylation sites (tertiary alicyclic amines) is 1. The Morgan fingerprint density at radius 3 is 2.68 bits per heavy atom. The van der Waals surface area contributed by atoms with Gasteiger partial charge in [0, 0.05) is 31.3 Å². The second-order valence-electron chi connectivity index (χ2n) is 7.53. The summed E-state index contributed by atoms with van der Waals surface area (Å²) >= 11 is 0. The molecule has 2 heterocycles. The number of urea groups is 1. The molecule has 2 atom stereocenters. The summed E-state index contributed by atoms with van der Waals surface area (Å²) in [6, 6.07) is 7.76. The van der Waals surface area contributed by atoms with Gasteiger partial charge in [-0.15, -0.1) is 0 Å². The lowest BCUT2D eigenvalue weighted by Crippen LogP contribution is -2.49. The van der Waals surface area contributed by atoms with Crippen LogP contribution in [-0.2, 0) is 4.74 Å². The smallest absolute Gasteiger partial charge is 0.321 e. The van der Waals surface area contributed by atoms with Gasteiger partial charge in [0.2, 0.25) is 0 Å². The molecule has 3 fully saturated rings. The van der Waals surface area contributed by atoms with Gasteiger partial charge in [0.25, 0.3) is 0 Å². The minimum absolute atomic E-state index is 0.00603.